The molecule has 0 aromatic heterocycles. The van der Waals surface area contributed by atoms with E-state index in [4.69, 9.17) is 0 Å². The fourth-order valence-corrected chi connectivity index (χ4v) is 6.21. The summed E-state index contributed by atoms with van der Waals surface area (Å²) in [5, 5.41) is 54.0. The van der Waals surface area contributed by atoms with E-state index in [0.717, 1.165) is 70.6 Å². The van der Waals surface area contributed by atoms with Crippen molar-refractivity contribution in [2.75, 3.05) is 6.61 Å². The van der Waals surface area contributed by atoms with Gasteiger partial charge in [-0.05, 0) is 38.0 Å². The van der Waals surface area contributed by atoms with Crippen molar-refractivity contribution in [1.82, 2.24) is 5.32 Å². The average Bonchev–Trinajstić information content (AvgIpc) is 3.26. The van der Waals surface area contributed by atoms with Gasteiger partial charge in [0.1, 0.15) is 0 Å². The van der Waals surface area contributed by atoms with Gasteiger partial charge < -0.3 is 30.8 Å². The summed E-state index contributed by atoms with van der Waals surface area (Å²) in [4.78, 5) is 12.4. The molecule has 0 aliphatic heterocycles. The zero-order valence-corrected chi connectivity index (χ0v) is 27.6. The minimum atomic E-state index is -0.903. The Morgan fingerprint density at radius 3 is 2.07 bits per heavy atom. The Morgan fingerprint density at radius 1 is 0.791 bits per heavy atom. The maximum Gasteiger partial charge on any atom is 0.220 e. The van der Waals surface area contributed by atoms with Crippen LogP contribution >= 0.6 is 0 Å². The topological polar surface area (TPSA) is 130 Å². The molecule has 0 spiro atoms. The van der Waals surface area contributed by atoms with Crippen molar-refractivity contribution >= 4 is 5.91 Å². The van der Waals surface area contributed by atoms with Crippen LogP contribution < -0.4 is 5.32 Å². The van der Waals surface area contributed by atoms with Gasteiger partial charge in [-0.25, -0.2) is 0 Å². The second kappa shape index (κ2) is 26.0. The van der Waals surface area contributed by atoms with Crippen LogP contribution in [0.5, 0.6) is 0 Å². The molecular formula is C36H67NO6. The molecule has 1 saturated carbocycles. The summed E-state index contributed by atoms with van der Waals surface area (Å²) in [5.41, 5.74) is 0. The lowest BCUT2D eigenvalue weighted by Crippen LogP contribution is -2.45. The summed E-state index contributed by atoms with van der Waals surface area (Å²) in [7, 11) is 0. The number of aliphatic hydroxyl groups excluding tert-OH is 5. The Morgan fingerprint density at radius 2 is 1.40 bits per heavy atom. The monoisotopic (exact) mass is 609 g/mol. The first-order valence-corrected chi connectivity index (χ1v) is 17.8. The number of aliphatic hydroxyl groups is 5. The summed E-state index contributed by atoms with van der Waals surface area (Å²) < 4.78 is 0. The number of allylic oxidation sites excluding steroid dienone is 1. The third kappa shape index (κ3) is 19.0. The SMILES string of the molecule is CCCCCCCCCCC/C=C/[C@@H](O)[C@H](CO)NC(=O)CCCCCC[C@@H]1[C@@H](/C=C/[C@@H](O)CCCCC)[C@H](O)C[C@@H]1O. The smallest absolute Gasteiger partial charge is 0.220 e. The van der Waals surface area contributed by atoms with Crippen molar-refractivity contribution in [3.05, 3.63) is 24.3 Å². The van der Waals surface area contributed by atoms with E-state index in [9.17, 15) is 30.3 Å². The number of carbonyl (C=O) groups excluding carboxylic acids is 1. The number of carbonyl (C=O) groups is 1. The molecule has 43 heavy (non-hydrogen) atoms. The van der Waals surface area contributed by atoms with Gasteiger partial charge in [0.15, 0.2) is 0 Å². The molecule has 0 aromatic carbocycles. The van der Waals surface area contributed by atoms with E-state index < -0.39 is 30.5 Å². The summed E-state index contributed by atoms with van der Waals surface area (Å²) in [6.07, 6.45) is 26.1. The Hall–Kier alpha value is -1.25. The molecule has 1 aliphatic carbocycles. The number of nitrogens with one attached hydrogen (secondary N) is 1. The van der Waals surface area contributed by atoms with E-state index in [-0.39, 0.29) is 24.3 Å². The molecule has 252 valence electrons. The lowest BCUT2D eigenvalue weighted by Gasteiger charge is -2.21. The number of hydrogen-bond donors (Lipinski definition) is 6. The molecule has 1 fully saturated rings. The van der Waals surface area contributed by atoms with Crippen LogP contribution in [-0.2, 0) is 4.79 Å². The van der Waals surface area contributed by atoms with Crippen LogP contribution in [0.15, 0.2) is 24.3 Å². The number of unbranched alkanes of at least 4 members (excludes halogenated alkanes) is 14. The van der Waals surface area contributed by atoms with Gasteiger partial charge in [0, 0.05) is 18.8 Å². The van der Waals surface area contributed by atoms with Crippen molar-refractivity contribution < 1.29 is 30.3 Å². The fraction of sp³-hybridized carbons (Fsp3) is 0.861. The third-order valence-electron chi connectivity index (χ3n) is 9.03. The average molecular weight is 610 g/mol. The largest absolute Gasteiger partial charge is 0.394 e. The van der Waals surface area contributed by atoms with Crippen LogP contribution in [-0.4, -0.2) is 68.5 Å². The van der Waals surface area contributed by atoms with Gasteiger partial charge in [0.05, 0.1) is 37.1 Å². The number of amides is 1. The molecule has 7 atom stereocenters. The Bertz CT molecular complexity index is 729. The lowest BCUT2D eigenvalue weighted by atomic mass is 9.88. The molecule has 7 nitrogen and oxygen atoms in total. The third-order valence-corrected chi connectivity index (χ3v) is 9.03. The summed E-state index contributed by atoms with van der Waals surface area (Å²) in [6, 6.07) is -0.697. The summed E-state index contributed by atoms with van der Waals surface area (Å²) in [6.45, 7) is 4.06. The highest BCUT2D eigenvalue weighted by Gasteiger charge is 2.39. The second-order valence-electron chi connectivity index (χ2n) is 12.9. The van der Waals surface area contributed by atoms with Gasteiger partial charge in [-0.3, -0.25) is 4.79 Å². The predicted molar refractivity (Wildman–Crippen MR) is 177 cm³/mol. The maximum atomic E-state index is 12.4. The van der Waals surface area contributed by atoms with Gasteiger partial charge in [0.25, 0.3) is 0 Å². The van der Waals surface area contributed by atoms with Gasteiger partial charge in [-0.2, -0.15) is 0 Å². The first kappa shape index (κ1) is 39.8. The van der Waals surface area contributed by atoms with E-state index in [1.54, 1.807) is 12.2 Å². The zero-order valence-electron chi connectivity index (χ0n) is 27.6. The van der Waals surface area contributed by atoms with E-state index in [2.05, 4.69) is 19.2 Å². The first-order valence-electron chi connectivity index (χ1n) is 17.8. The van der Waals surface area contributed by atoms with Crippen molar-refractivity contribution in [3.8, 4) is 0 Å². The molecule has 7 heteroatoms. The van der Waals surface area contributed by atoms with Crippen molar-refractivity contribution in [2.24, 2.45) is 11.8 Å². The Kier molecular flexibility index (Phi) is 24.1. The molecule has 0 aromatic rings. The quantitative estimate of drug-likeness (QED) is 0.0466. The van der Waals surface area contributed by atoms with Gasteiger partial charge in [0.2, 0.25) is 5.91 Å². The standard InChI is InChI=1S/C36H67NO6/c1-3-5-7-8-9-10-11-12-13-14-19-23-33(40)32(28-38)37-36(43)24-20-16-15-18-22-30-31(35(42)27-34(30)41)26-25-29(39)21-17-6-4-2/h19,23,25-26,29-35,38-42H,3-18,20-22,24,27-28H2,1-2H3,(H,37,43)/b23-19+,26-25+/t29-,30+,31+,32-,33+,34-,35+/m0/s1. The lowest BCUT2D eigenvalue weighted by molar-refractivity contribution is -0.123. The van der Waals surface area contributed by atoms with Gasteiger partial charge in [-0.1, -0.05) is 128 Å². The summed E-state index contributed by atoms with van der Waals surface area (Å²) in [5.74, 6) is -0.317. The van der Waals surface area contributed by atoms with Crippen LogP contribution in [0, 0.1) is 11.8 Å². The van der Waals surface area contributed by atoms with Crippen molar-refractivity contribution in [1.29, 1.82) is 0 Å². The Labute approximate surface area is 263 Å². The highest BCUT2D eigenvalue weighted by atomic mass is 16.3. The van der Waals surface area contributed by atoms with Crippen LogP contribution in [0.3, 0.4) is 0 Å². The molecule has 0 heterocycles. The highest BCUT2D eigenvalue weighted by Crippen LogP contribution is 2.37. The fourth-order valence-electron chi connectivity index (χ4n) is 6.21. The Balaban J connectivity index is 2.21. The molecule has 0 radical (unpaired) electrons. The summed E-state index contributed by atoms with van der Waals surface area (Å²) >= 11 is 0. The minimum Gasteiger partial charge on any atom is -0.394 e. The van der Waals surface area contributed by atoms with Crippen molar-refractivity contribution in [2.45, 2.75) is 179 Å². The maximum absolute atomic E-state index is 12.4. The van der Waals surface area contributed by atoms with Crippen LogP contribution in [0.25, 0.3) is 0 Å². The molecule has 1 aliphatic rings. The molecule has 6 N–H and O–H groups in total. The molecule has 0 unspecified atom stereocenters. The van der Waals surface area contributed by atoms with Crippen LogP contribution in [0.4, 0.5) is 0 Å². The van der Waals surface area contributed by atoms with Crippen LogP contribution in [0.1, 0.15) is 149 Å². The van der Waals surface area contributed by atoms with Gasteiger partial charge in [-0.15, -0.1) is 0 Å². The normalized spacial score (nSPS) is 22.9. The zero-order chi connectivity index (χ0) is 31.7. The molecular weight excluding hydrogens is 542 g/mol. The van der Waals surface area contributed by atoms with E-state index in [0.29, 0.717) is 12.8 Å². The highest BCUT2D eigenvalue weighted by molar-refractivity contribution is 5.76. The van der Waals surface area contributed by atoms with Crippen LogP contribution in [0.2, 0.25) is 0 Å². The molecule has 0 saturated heterocycles. The first-order chi connectivity index (χ1) is 20.8. The van der Waals surface area contributed by atoms with Gasteiger partial charge >= 0.3 is 0 Å². The van der Waals surface area contributed by atoms with E-state index >= 15 is 0 Å². The van der Waals surface area contributed by atoms with E-state index in [1.807, 2.05) is 12.2 Å². The van der Waals surface area contributed by atoms with E-state index in [1.165, 1.54) is 51.4 Å². The number of rotatable bonds is 27. The molecule has 1 rings (SSSR count). The second-order valence-corrected chi connectivity index (χ2v) is 12.9. The predicted octanol–water partition coefficient (Wildman–Crippen LogP) is 6.50. The molecule has 1 amide bonds. The molecule has 0 bridgehead atoms. The number of hydrogen-bond acceptors (Lipinski definition) is 6. The van der Waals surface area contributed by atoms with Crippen molar-refractivity contribution in [3.63, 3.8) is 0 Å². The minimum absolute atomic E-state index is 0.0161.